The zero-order valence-electron chi connectivity index (χ0n) is 23.2. The van der Waals surface area contributed by atoms with Crippen LogP contribution in [0.2, 0.25) is 5.02 Å². The van der Waals surface area contributed by atoms with Crippen molar-refractivity contribution in [1.29, 1.82) is 0 Å². The van der Waals surface area contributed by atoms with Crippen LogP contribution in [0.15, 0.2) is 102 Å². The predicted molar refractivity (Wildman–Crippen MR) is 167 cm³/mol. The van der Waals surface area contributed by atoms with Crippen LogP contribution in [0.1, 0.15) is 15.9 Å². The molecular weight excluding hydrogens is 593 g/mol. The molecule has 0 radical (unpaired) electrons. The number of benzene rings is 4. The number of amides is 3. The van der Waals surface area contributed by atoms with Crippen LogP contribution in [0.3, 0.4) is 0 Å². The first-order valence-corrected chi connectivity index (χ1v) is 14.2. The van der Waals surface area contributed by atoms with Crippen molar-refractivity contribution in [3.63, 3.8) is 0 Å². The number of nitrogens with one attached hydrogen (secondary N) is 3. The van der Waals surface area contributed by atoms with Gasteiger partial charge in [0.2, 0.25) is 5.91 Å². The second-order valence-corrected chi connectivity index (χ2v) is 10.4. The molecule has 0 unspecified atom stereocenters. The van der Waals surface area contributed by atoms with Gasteiger partial charge in [0.25, 0.3) is 11.8 Å². The maximum absolute atomic E-state index is 14.5. The highest BCUT2D eigenvalue weighted by molar-refractivity contribution is 8.00. The first-order valence-electron chi connectivity index (χ1n) is 12.8. The molecule has 0 aliphatic carbocycles. The number of hydrogen-bond acceptors (Lipinski definition) is 6. The molecule has 0 saturated carbocycles. The summed E-state index contributed by atoms with van der Waals surface area (Å²) in [6, 6.07) is 24.3. The Morgan fingerprint density at radius 3 is 2.14 bits per heavy atom. The standard InChI is InChI=1S/C32H27ClFN3O5S/c1-41-23-15-22(16-24(17-23)42-2)35-30(38)19-43-25-13-11-21(12-14-25)36-32(40)29(18-26-27(33)9-6-10-28(26)34)37-31(39)20-7-4-3-5-8-20/h3-18H,19H2,1-2H3,(H,35,38)(H,36,40)(H,37,39)/b29-18-. The third-order valence-electron chi connectivity index (χ3n) is 5.93. The Kier molecular flexibility index (Phi) is 10.8. The lowest BCUT2D eigenvalue weighted by Crippen LogP contribution is -2.30. The summed E-state index contributed by atoms with van der Waals surface area (Å²) < 4.78 is 25.0. The van der Waals surface area contributed by atoms with Crippen LogP contribution in [0.4, 0.5) is 15.8 Å². The van der Waals surface area contributed by atoms with Gasteiger partial charge in [0.05, 0.1) is 25.0 Å². The van der Waals surface area contributed by atoms with Gasteiger partial charge in [-0.3, -0.25) is 14.4 Å². The number of carbonyl (C=O) groups excluding carboxylic acids is 3. The van der Waals surface area contributed by atoms with Crippen molar-refractivity contribution in [1.82, 2.24) is 5.32 Å². The summed E-state index contributed by atoms with van der Waals surface area (Å²) in [5.41, 5.74) is 1.03. The molecule has 43 heavy (non-hydrogen) atoms. The van der Waals surface area contributed by atoms with Crippen LogP contribution in [-0.4, -0.2) is 37.7 Å². The molecule has 0 aliphatic rings. The number of hydrogen-bond donors (Lipinski definition) is 3. The summed E-state index contributed by atoms with van der Waals surface area (Å²) >= 11 is 7.46. The van der Waals surface area contributed by atoms with Crippen LogP contribution < -0.4 is 25.4 Å². The van der Waals surface area contributed by atoms with E-state index >= 15 is 0 Å². The minimum absolute atomic E-state index is 0.0416. The Morgan fingerprint density at radius 1 is 0.837 bits per heavy atom. The average Bonchev–Trinajstić information content (AvgIpc) is 3.02. The molecule has 220 valence electrons. The van der Waals surface area contributed by atoms with Gasteiger partial charge in [-0.25, -0.2) is 4.39 Å². The zero-order chi connectivity index (χ0) is 30.8. The first kappa shape index (κ1) is 31.1. The van der Waals surface area contributed by atoms with Gasteiger partial charge in [-0.2, -0.15) is 0 Å². The van der Waals surface area contributed by atoms with Gasteiger partial charge in [-0.15, -0.1) is 11.8 Å². The van der Waals surface area contributed by atoms with E-state index in [1.54, 1.807) is 72.8 Å². The highest BCUT2D eigenvalue weighted by Crippen LogP contribution is 2.27. The van der Waals surface area contributed by atoms with Crippen LogP contribution >= 0.6 is 23.4 Å². The molecule has 0 spiro atoms. The predicted octanol–water partition coefficient (Wildman–Crippen LogP) is 6.64. The van der Waals surface area contributed by atoms with Crippen molar-refractivity contribution in [2.45, 2.75) is 4.90 Å². The quantitative estimate of drug-likeness (QED) is 0.128. The van der Waals surface area contributed by atoms with Crippen molar-refractivity contribution in [2.75, 3.05) is 30.6 Å². The maximum atomic E-state index is 14.5. The molecule has 3 amide bonds. The fraction of sp³-hybridized carbons (Fsp3) is 0.0938. The molecule has 4 aromatic carbocycles. The topological polar surface area (TPSA) is 106 Å². The fourth-order valence-electron chi connectivity index (χ4n) is 3.79. The minimum atomic E-state index is -0.683. The Hall–Kier alpha value is -4.80. The maximum Gasteiger partial charge on any atom is 0.272 e. The monoisotopic (exact) mass is 619 g/mol. The molecule has 0 fully saturated rings. The van der Waals surface area contributed by atoms with Crippen molar-refractivity contribution in [2.24, 2.45) is 0 Å². The van der Waals surface area contributed by atoms with E-state index in [0.29, 0.717) is 28.4 Å². The number of halogens is 2. The number of carbonyl (C=O) groups is 3. The average molecular weight is 620 g/mol. The van der Waals surface area contributed by atoms with Gasteiger partial charge >= 0.3 is 0 Å². The molecule has 0 bridgehead atoms. The van der Waals surface area contributed by atoms with E-state index in [0.717, 1.165) is 4.90 Å². The van der Waals surface area contributed by atoms with Gasteiger partial charge < -0.3 is 25.4 Å². The smallest absolute Gasteiger partial charge is 0.272 e. The Labute approximate surface area is 257 Å². The van der Waals surface area contributed by atoms with Gasteiger partial charge in [0, 0.05) is 45.6 Å². The van der Waals surface area contributed by atoms with E-state index in [-0.39, 0.29) is 27.9 Å². The Balaban J connectivity index is 1.42. The first-order chi connectivity index (χ1) is 20.7. The van der Waals surface area contributed by atoms with E-state index in [2.05, 4.69) is 16.0 Å². The molecule has 3 N–H and O–H groups in total. The largest absolute Gasteiger partial charge is 0.497 e. The van der Waals surface area contributed by atoms with Gasteiger partial charge in [-0.05, 0) is 54.6 Å². The summed E-state index contributed by atoms with van der Waals surface area (Å²) in [7, 11) is 3.05. The van der Waals surface area contributed by atoms with E-state index in [1.165, 1.54) is 50.3 Å². The van der Waals surface area contributed by atoms with Gasteiger partial charge in [0.15, 0.2) is 0 Å². The molecule has 0 atom stereocenters. The third kappa shape index (κ3) is 8.84. The zero-order valence-corrected chi connectivity index (χ0v) is 24.7. The lowest BCUT2D eigenvalue weighted by Gasteiger charge is -2.12. The molecule has 4 rings (SSSR count). The van der Waals surface area contributed by atoms with Crippen LogP contribution in [-0.2, 0) is 9.59 Å². The molecule has 0 aliphatic heterocycles. The second-order valence-electron chi connectivity index (χ2n) is 8.93. The highest BCUT2D eigenvalue weighted by Gasteiger charge is 2.17. The number of thioether (sulfide) groups is 1. The summed E-state index contributed by atoms with van der Waals surface area (Å²) in [6.07, 6.45) is 1.19. The van der Waals surface area contributed by atoms with Crippen molar-refractivity contribution in [3.8, 4) is 11.5 Å². The summed E-state index contributed by atoms with van der Waals surface area (Å²) in [6.45, 7) is 0. The number of rotatable bonds is 11. The van der Waals surface area contributed by atoms with Crippen molar-refractivity contribution in [3.05, 3.63) is 119 Å². The molecule has 8 nitrogen and oxygen atoms in total. The number of ether oxygens (including phenoxy) is 2. The lowest BCUT2D eigenvalue weighted by molar-refractivity contribution is -0.114. The molecule has 11 heteroatoms. The minimum Gasteiger partial charge on any atom is -0.497 e. The van der Waals surface area contributed by atoms with E-state index in [9.17, 15) is 18.8 Å². The molecule has 0 heterocycles. The van der Waals surface area contributed by atoms with Crippen LogP contribution in [0, 0.1) is 5.82 Å². The van der Waals surface area contributed by atoms with E-state index in [4.69, 9.17) is 21.1 Å². The number of anilines is 2. The summed E-state index contributed by atoms with van der Waals surface area (Å²) in [4.78, 5) is 39.3. The van der Waals surface area contributed by atoms with Crippen LogP contribution in [0.5, 0.6) is 11.5 Å². The van der Waals surface area contributed by atoms with Crippen LogP contribution in [0.25, 0.3) is 6.08 Å². The highest BCUT2D eigenvalue weighted by atomic mass is 35.5. The van der Waals surface area contributed by atoms with Crippen molar-refractivity contribution >= 4 is 58.5 Å². The summed E-state index contributed by atoms with van der Waals surface area (Å²) in [5, 5.41) is 8.15. The lowest BCUT2D eigenvalue weighted by atomic mass is 10.1. The summed E-state index contributed by atoms with van der Waals surface area (Å²) in [5.74, 6) is -0.878. The number of methoxy groups -OCH3 is 2. The second kappa shape index (κ2) is 14.9. The van der Waals surface area contributed by atoms with Gasteiger partial charge in [-0.1, -0.05) is 35.9 Å². The molecule has 0 saturated heterocycles. The molecular formula is C32H27ClFN3O5S. The van der Waals surface area contributed by atoms with E-state index < -0.39 is 17.6 Å². The normalized spacial score (nSPS) is 10.9. The van der Waals surface area contributed by atoms with Gasteiger partial charge in [0.1, 0.15) is 23.0 Å². The van der Waals surface area contributed by atoms with Crippen molar-refractivity contribution < 1.29 is 28.2 Å². The Morgan fingerprint density at radius 2 is 1.51 bits per heavy atom. The fourth-order valence-corrected chi connectivity index (χ4v) is 4.71. The SMILES string of the molecule is COc1cc(NC(=O)CSc2ccc(NC(=O)/C(=C/c3c(F)cccc3Cl)NC(=O)c3ccccc3)cc2)cc(OC)c1. The van der Waals surface area contributed by atoms with E-state index in [1.807, 2.05) is 0 Å². The third-order valence-corrected chi connectivity index (χ3v) is 7.28. The molecule has 0 aromatic heterocycles. The Bertz CT molecular complexity index is 1610. The molecule has 4 aromatic rings.